The number of aryl methyl sites for hydroxylation is 1. The quantitative estimate of drug-likeness (QED) is 0.861. The van der Waals surface area contributed by atoms with Crippen LogP contribution in [0, 0.1) is 18.8 Å². The summed E-state index contributed by atoms with van der Waals surface area (Å²) < 4.78 is 27.1. The maximum absolute atomic E-state index is 12.8. The topological polar surface area (TPSA) is 92.1 Å². The summed E-state index contributed by atoms with van der Waals surface area (Å²) in [5.41, 5.74) is 6.56. The Balaban J connectivity index is 2.39. The molecule has 0 saturated carbocycles. The number of sulfonamides is 1. The number of aromatic amines is 1. The van der Waals surface area contributed by atoms with Gasteiger partial charge < -0.3 is 5.73 Å². The largest absolute Gasteiger partial charge is 0.325 e. The van der Waals surface area contributed by atoms with Gasteiger partial charge in [0.05, 0.1) is 11.4 Å². The molecule has 0 spiro atoms. The summed E-state index contributed by atoms with van der Waals surface area (Å²) in [7, 11) is -3.50. The molecule has 6 nitrogen and oxygen atoms in total. The van der Waals surface area contributed by atoms with Crippen LogP contribution in [0.15, 0.2) is 4.90 Å². The second kappa shape index (κ2) is 5.22. The summed E-state index contributed by atoms with van der Waals surface area (Å²) in [4.78, 5) is 0.260. The van der Waals surface area contributed by atoms with E-state index in [0.29, 0.717) is 36.3 Å². The number of H-pyrrole nitrogens is 1. The number of nitrogens with one attached hydrogen (secondary N) is 1. The van der Waals surface area contributed by atoms with Crippen LogP contribution >= 0.6 is 0 Å². The van der Waals surface area contributed by atoms with Crippen LogP contribution in [0.1, 0.15) is 31.7 Å². The number of hydrogen-bond donors (Lipinski definition) is 2. The SMILES string of the molecule is Cc1[nH]nc(CN)c1S(=O)(=O)N1CC(C)CC(C)C1. The predicted octanol–water partition coefficient (Wildman–Crippen LogP) is 0.843. The van der Waals surface area contributed by atoms with E-state index < -0.39 is 10.0 Å². The van der Waals surface area contributed by atoms with Gasteiger partial charge in [-0.15, -0.1) is 0 Å². The fourth-order valence-corrected chi connectivity index (χ4v) is 4.90. The van der Waals surface area contributed by atoms with Crippen LogP contribution in [0.3, 0.4) is 0 Å². The molecule has 2 unspecified atom stereocenters. The Morgan fingerprint density at radius 1 is 1.37 bits per heavy atom. The molecule has 2 heterocycles. The van der Waals surface area contributed by atoms with Gasteiger partial charge in [0.15, 0.2) is 0 Å². The first-order chi connectivity index (χ1) is 8.86. The van der Waals surface area contributed by atoms with Crippen LogP contribution in [0.4, 0.5) is 0 Å². The first-order valence-corrected chi connectivity index (χ1v) is 8.04. The summed E-state index contributed by atoms with van der Waals surface area (Å²) >= 11 is 0. The maximum atomic E-state index is 12.8. The van der Waals surface area contributed by atoms with Gasteiger partial charge in [-0.05, 0) is 25.2 Å². The van der Waals surface area contributed by atoms with E-state index in [1.807, 2.05) is 0 Å². The number of hydrogen-bond acceptors (Lipinski definition) is 4. The Bertz CT molecular complexity index is 542. The van der Waals surface area contributed by atoms with Crippen molar-refractivity contribution >= 4 is 10.0 Å². The van der Waals surface area contributed by atoms with E-state index in [4.69, 9.17) is 5.73 Å². The van der Waals surface area contributed by atoms with E-state index in [1.165, 1.54) is 0 Å². The Morgan fingerprint density at radius 2 is 1.95 bits per heavy atom. The highest BCUT2D eigenvalue weighted by Gasteiger charge is 2.34. The van der Waals surface area contributed by atoms with Gasteiger partial charge in [0.25, 0.3) is 0 Å². The monoisotopic (exact) mass is 286 g/mol. The van der Waals surface area contributed by atoms with E-state index in [2.05, 4.69) is 24.0 Å². The number of nitrogens with zero attached hydrogens (tertiary/aromatic N) is 2. The van der Waals surface area contributed by atoms with E-state index in [-0.39, 0.29) is 11.4 Å². The lowest BCUT2D eigenvalue weighted by Crippen LogP contribution is -2.42. The van der Waals surface area contributed by atoms with E-state index in [0.717, 1.165) is 6.42 Å². The van der Waals surface area contributed by atoms with Crippen molar-refractivity contribution in [1.29, 1.82) is 0 Å². The average Bonchev–Trinajstić information content (AvgIpc) is 2.69. The molecule has 3 N–H and O–H groups in total. The number of nitrogens with two attached hydrogens (primary N) is 1. The molecule has 1 aromatic rings. The molecule has 2 rings (SSSR count). The molecule has 0 aliphatic carbocycles. The van der Waals surface area contributed by atoms with Gasteiger partial charge in [-0.3, -0.25) is 5.10 Å². The van der Waals surface area contributed by atoms with Gasteiger partial charge in [0.1, 0.15) is 4.90 Å². The zero-order valence-corrected chi connectivity index (χ0v) is 12.5. The third kappa shape index (κ3) is 2.68. The van der Waals surface area contributed by atoms with Crippen LogP contribution < -0.4 is 5.73 Å². The normalized spacial score (nSPS) is 25.7. The fraction of sp³-hybridized carbons (Fsp3) is 0.750. The van der Waals surface area contributed by atoms with Gasteiger partial charge in [0.2, 0.25) is 10.0 Å². The summed E-state index contributed by atoms with van der Waals surface area (Å²) in [6.07, 6.45) is 1.07. The van der Waals surface area contributed by atoms with Gasteiger partial charge in [-0.2, -0.15) is 9.40 Å². The minimum absolute atomic E-state index is 0.123. The van der Waals surface area contributed by atoms with Crippen molar-refractivity contribution in [1.82, 2.24) is 14.5 Å². The molecular formula is C12H22N4O2S. The molecular weight excluding hydrogens is 264 g/mol. The molecule has 19 heavy (non-hydrogen) atoms. The van der Waals surface area contributed by atoms with Crippen molar-refractivity contribution in [2.75, 3.05) is 13.1 Å². The first kappa shape index (κ1) is 14.5. The lowest BCUT2D eigenvalue weighted by molar-refractivity contribution is 0.222. The smallest absolute Gasteiger partial charge is 0.246 e. The molecule has 0 amide bonds. The highest BCUT2D eigenvalue weighted by atomic mass is 32.2. The van der Waals surface area contributed by atoms with E-state index in [1.54, 1.807) is 11.2 Å². The van der Waals surface area contributed by atoms with E-state index in [9.17, 15) is 8.42 Å². The molecule has 7 heteroatoms. The van der Waals surface area contributed by atoms with Gasteiger partial charge in [0, 0.05) is 19.6 Å². The minimum Gasteiger partial charge on any atom is -0.325 e. The van der Waals surface area contributed by atoms with Crippen LogP contribution in [0.25, 0.3) is 0 Å². The molecule has 0 radical (unpaired) electrons. The highest BCUT2D eigenvalue weighted by Crippen LogP contribution is 2.28. The van der Waals surface area contributed by atoms with Gasteiger partial charge in [-0.25, -0.2) is 8.42 Å². The van der Waals surface area contributed by atoms with Crippen molar-refractivity contribution in [2.24, 2.45) is 17.6 Å². The van der Waals surface area contributed by atoms with Crippen molar-refractivity contribution in [2.45, 2.75) is 38.6 Å². The second-order valence-electron chi connectivity index (χ2n) is 5.60. The molecule has 108 valence electrons. The minimum atomic E-state index is -3.50. The molecule has 2 atom stereocenters. The summed E-state index contributed by atoms with van der Waals surface area (Å²) in [5.74, 6) is 0.763. The molecule has 1 aliphatic heterocycles. The van der Waals surface area contributed by atoms with Crippen LogP contribution in [0.5, 0.6) is 0 Å². The third-order valence-corrected chi connectivity index (χ3v) is 5.62. The zero-order chi connectivity index (χ0) is 14.2. The standard InChI is InChI=1S/C12H22N4O2S/c1-8-4-9(2)7-16(6-8)19(17,18)12-10(3)14-15-11(12)5-13/h8-9H,4-7,13H2,1-3H3,(H,14,15). The molecule has 1 aliphatic rings. The average molecular weight is 286 g/mol. The molecule has 1 aromatic heterocycles. The predicted molar refractivity (Wildman–Crippen MR) is 72.9 cm³/mol. The number of aromatic nitrogens is 2. The zero-order valence-electron chi connectivity index (χ0n) is 11.7. The van der Waals surface area contributed by atoms with Crippen LogP contribution in [-0.2, 0) is 16.6 Å². The lowest BCUT2D eigenvalue weighted by atomic mass is 9.94. The second-order valence-corrected chi connectivity index (χ2v) is 7.47. The van der Waals surface area contributed by atoms with Crippen molar-refractivity contribution < 1.29 is 8.42 Å². The maximum Gasteiger partial charge on any atom is 0.246 e. The Morgan fingerprint density at radius 3 is 2.47 bits per heavy atom. The first-order valence-electron chi connectivity index (χ1n) is 6.60. The Labute approximate surface area is 114 Å². The molecule has 1 saturated heterocycles. The Hall–Kier alpha value is -0.920. The Kier molecular flexibility index (Phi) is 3.98. The van der Waals surface area contributed by atoms with Crippen LogP contribution in [0.2, 0.25) is 0 Å². The molecule has 1 fully saturated rings. The molecule has 0 aromatic carbocycles. The number of rotatable bonds is 3. The van der Waals surface area contributed by atoms with Crippen LogP contribution in [-0.4, -0.2) is 36.0 Å². The summed E-state index contributed by atoms with van der Waals surface area (Å²) in [5, 5.41) is 6.70. The van der Waals surface area contributed by atoms with Crippen molar-refractivity contribution in [3.8, 4) is 0 Å². The third-order valence-electron chi connectivity index (χ3n) is 3.59. The summed E-state index contributed by atoms with van der Waals surface area (Å²) in [6.45, 7) is 7.16. The highest BCUT2D eigenvalue weighted by molar-refractivity contribution is 7.89. The summed E-state index contributed by atoms with van der Waals surface area (Å²) in [6, 6.07) is 0. The van der Waals surface area contributed by atoms with Gasteiger partial charge >= 0.3 is 0 Å². The van der Waals surface area contributed by atoms with E-state index >= 15 is 0 Å². The lowest BCUT2D eigenvalue weighted by Gasteiger charge is -2.34. The van der Waals surface area contributed by atoms with Crippen molar-refractivity contribution in [3.63, 3.8) is 0 Å². The molecule has 0 bridgehead atoms. The fourth-order valence-electron chi connectivity index (χ4n) is 2.88. The van der Waals surface area contributed by atoms with Gasteiger partial charge in [-0.1, -0.05) is 13.8 Å². The van der Waals surface area contributed by atoms with Crippen molar-refractivity contribution in [3.05, 3.63) is 11.4 Å². The number of piperidine rings is 1.